The molecule has 0 unspecified atom stereocenters. The predicted octanol–water partition coefficient (Wildman–Crippen LogP) is -0.954. The highest BCUT2D eigenvalue weighted by Crippen LogP contribution is 2.09. The van der Waals surface area contributed by atoms with Crippen molar-refractivity contribution in [1.29, 1.82) is 0 Å². The minimum Gasteiger partial charge on any atom is -0.493 e. The number of hydrogen-bond acceptors (Lipinski definition) is 3. The number of hydrogen-bond donors (Lipinski definition) is 3. The molecule has 0 amide bonds. The van der Waals surface area contributed by atoms with Gasteiger partial charge in [-0.1, -0.05) is 0 Å². The van der Waals surface area contributed by atoms with Crippen LogP contribution in [0.1, 0.15) is 5.69 Å². The molecule has 66 valence electrons. The molecular formula is C6H8N2O4. The first-order chi connectivity index (χ1) is 5.52. The van der Waals surface area contributed by atoms with E-state index in [0.717, 1.165) is 4.57 Å². The second-order valence-electron chi connectivity index (χ2n) is 2.35. The Morgan fingerprint density at radius 1 is 1.67 bits per heavy atom. The molecule has 0 bridgehead atoms. The third kappa shape index (κ3) is 1.31. The lowest BCUT2D eigenvalue weighted by Gasteiger charge is -1.96. The van der Waals surface area contributed by atoms with Crippen molar-refractivity contribution in [1.82, 2.24) is 9.55 Å². The number of rotatable bonds is 2. The molecule has 12 heavy (non-hydrogen) atoms. The first-order valence-corrected chi connectivity index (χ1v) is 3.21. The number of nitrogens with zero attached hydrogens (tertiary/aromatic N) is 1. The number of carboxylic acid groups (broad SMARTS) is 1. The van der Waals surface area contributed by atoms with Crippen LogP contribution < -0.4 is 5.69 Å². The third-order valence-electron chi connectivity index (χ3n) is 1.53. The minimum atomic E-state index is -1.10. The summed E-state index contributed by atoms with van der Waals surface area (Å²) in [6.45, 7) is 0. The largest absolute Gasteiger partial charge is 0.493 e. The summed E-state index contributed by atoms with van der Waals surface area (Å²) in [7, 11) is 1.39. The van der Waals surface area contributed by atoms with E-state index in [1.165, 1.54) is 7.05 Å². The standard InChI is InChI=1S/C6H8N2O4/c1-8-3(2-4(9)10)5(11)7-6(8)12/h11H,2H2,1H3,(H,7,12)(H,9,10). The van der Waals surface area contributed by atoms with Crippen molar-refractivity contribution in [3.05, 3.63) is 16.2 Å². The van der Waals surface area contributed by atoms with Crippen molar-refractivity contribution in [2.24, 2.45) is 7.05 Å². The van der Waals surface area contributed by atoms with Gasteiger partial charge in [0.1, 0.15) is 0 Å². The number of H-pyrrole nitrogens is 1. The van der Waals surface area contributed by atoms with Crippen LogP contribution in [0.25, 0.3) is 0 Å². The maximum atomic E-state index is 10.8. The zero-order valence-corrected chi connectivity index (χ0v) is 6.37. The molecule has 1 aromatic heterocycles. The van der Waals surface area contributed by atoms with Crippen LogP contribution in [0, 0.1) is 0 Å². The fraction of sp³-hybridized carbons (Fsp3) is 0.333. The monoisotopic (exact) mass is 172 g/mol. The molecule has 0 fully saturated rings. The maximum Gasteiger partial charge on any atom is 0.328 e. The van der Waals surface area contributed by atoms with E-state index in [9.17, 15) is 9.59 Å². The Labute approximate surface area is 67.1 Å². The predicted molar refractivity (Wildman–Crippen MR) is 39.0 cm³/mol. The Morgan fingerprint density at radius 2 is 2.25 bits per heavy atom. The Bertz CT molecular complexity index is 362. The van der Waals surface area contributed by atoms with Gasteiger partial charge in [-0.15, -0.1) is 0 Å². The number of carbonyl (C=O) groups is 1. The first-order valence-electron chi connectivity index (χ1n) is 3.21. The van der Waals surface area contributed by atoms with Gasteiger partial charge in [-0.25, -0.2) is 4.79 Å². The van der Waals surface area contributed by atoms with E-state index in [0.29, 0.717) is 0 Å². The van der Waals surface area contributed by atoms with Gasteiger partial charge in [0.05, 0.1) is 12.1 Å². The summed E-state index contributed by atoms with van der Waals surface area (Å²) in [5.41, 5.74) is -0.448. The first kappa shape index (κ1) is 8.38. The lowest BCUT2D eigenvalue weighted by molar-refractivity contribution is -0.136. The fourth-order valence-corrected chi connectivity index (χ4v) is 0.884. The lowest BCUT2D eigenvalue weighted by atomic mass is 10.3. The number of aromatic nitrogens is 2. The zero-order chi connectivity index (χ0) is 9.30. The molecule has 0 atom stereocenters. The normalized spacial score (nSPS) is 10.1. The van der Waals surface area contributed by atoms with Crippen LogP contribution >= 0.6 is 0 Å². The maximum absolute atomic E-state index is 10.8. The quantitative estimate of drug-likeness (QED) is 0.535. The topological polar surface area (TPSA) is 95.3 Å². The molecule has 3 N–H and O–H groups in total. The molecular weight excluding hydrogens is 164 g/mol. The molecule has 0 aromatic carbocycles. The van der Waals surface area contributed by atoms with Crippen molar-refractivity contribution in [2.75, 3.05) is 0 Å². The molecule has 1 rings (SSSR count). The van der Waals surface area contributed by atoms with Gasteiger partial charge < -0.3 is 10.2 Å². The van der Waals surface area contributed by atoms with Crippen molar-refractivity contribution in [3.8, 4) is 5.88 Å². The number of imidazole rings is 1. The van der Waals surface area contributed by atoms with Crippen LogP contribution in [-0.4, -0.2) is 25.7 Å². The molecule has 6 heteroatoms. The summed E-state index contributed by atoms with van der Waals surface area (Å²) >= 11 is 0. The minimum absolute atomic E-state index is 0.0764. The smallest absolute Gasteiger partial charge is 0.328 e. The summed E-state index contributed by atoms with van der Waals surface area (Å²) in [5.74, 6) is -1.48. The average molecular weight is 172 g/mol. The van der Waals surface area contributed by atoms with Crippen molar-refractivity contribution in [2.45, 2.75) is 6.42 Å². The van der Waals surface area contributed by atoms with Crippen LogP contribution in [0.3, 0.4) is 0 Å². The lowest BCUT2D eigenvalue weighted by Crippen LogP contribution is -2.16. The van der Waals surface area contributed by atoms with E-state index in [4.69, 9.17) is 10.2 Å². The SMILES string of the molecule is Cn1c(CC(=O)O)c(O)[nH]c1=O. The van der Waals surface area contributed by atoms with Gasteiger partial charge in [0.2, 0.25) is 5.88 Å². The molecule has 0 aliphatic carbocycles. The zero-order valence-electron chi connectivity index (χ0n) is 6.37. The van der Waals surface area contributed by atoms with E-state index in [1.807, 2.05) is 0 Å². The molecule has 1 aromatic rings. The highest BCUT2D eigenvalue weighted by molar-refractivity contribution is 5.70. The second-order valence-corrected chi connectivity index (χ2v) is 2.35. The Balaban J connectivity index is 3.14. The molecule has 1 heterocycles. The summed E-state index contributed by atoms with van der Waals surface area (Å²) in [4.78, 5) is 23.1. The average Bonchev–Trinajstić information content (AvgIpc) is 2.16. The summed E-state index contributed by atoms with van der Waals surface area (Å²) in [5, 5.41) is 17.4. The van der Waals surface area contributed by atoms with E-state index in [1.54, 1.807) is 0 Å². The fourth-order valence-electron chi connectivity index (χ4n) is 0.884. The molecule has 0 saturated carbocycles. The Kier molecular flexibility index (Phi) is 1.90. The van der Waals surface area contributed by atoms with Crippen molar-refractivity contribution in [3.63, 3.8) is 0 Å². The summed E-state index contributed by atoms with van der Waals surface area (Å²) < 4.78 is 1.06. The highest BCUT2D eigenvalue weighted by atomic mass is 16.4. The van der Waals surface area contributed by atoms with Gasteiger partial charge in [-0.2, -0.15) is 0 Å². The number of aliphatic carboxylic acids is 1. The van der Waals surface area contributed by atoms with Crippen LogP contribution in [0.2, 0.25) is 0 Å². The Hall–Kier alpha value is -1.72. The van der Waals surface area contributed by atoms with Gasteiger partial charge in [0, 0.05) is 7.05 Å². The summed E-state index contributed by atoms with van der Waals surface area (Å²) in [6, 6.07) is 0. The van der Waals surface area contributed by atoms with Gasteiger partial charge in [0.15, 0.2) is 0 Å². The van der Waals surface area contributed by atoms with Gasteiger partial charge >= 0.3 is 11.7 Å². The molecule has 0 spiro atoms. The van der Waals surface area contributed by atoms with Crippen LogP contribution in [-0.2, 0) is 18.3 Å². The molecule has 6 nitrogen and oxygen atoms in total. The number of carboxylic acids is 1. The van der Waals surface area contributed by atoms with Crippen molar-refractivity contribution < 1.29 is 15.0 Å². The van der Waals surface area contributed by atoms with Crippen LogP contribution in [0.4, 0.5) is 0 Å². The molecule has 0 radical (unpaired) electrons. The van der Waals surface area contributed by atoms with E-state index in [2.05, 4.69) is 4.98 Å². The van der Waals surface area contributed by atoms with Crippen LogP contribution in [0.15, 0.2) is 4.79 Å². The van der Waals surface area contributed by atoms with Gasteiger partial charge in [0.25, 0.3) is 0 Å². The van der Waals surface area contributed by atoms with E-state index in [-0.39, 0.29) is 18.0 Å². The number of aromatic hydroxyl groups is 1. The number of aromatic amines is 1. The van der Waals surface area contributed by atoms with E-state index >= 15 is 0 Å². The molecule has 0 aliphatic rings. The van der Waals surface area contributed by atoms with Gasteiger partial charge in [-0.3, -0.25) is 14.3 Å². The Morgan fingerprint density at radius 3 is 2.58 bits per heavy atom. The third-order valence-corrected chi connectivity index (χ3v) is 1.53. The molecule has 0 aliphatic heterocycles. The van der Waals surface area contributed by atoms with E-state index < -0.39 is 11.7 Å². The second kappa shape index (κ2) is 2.72. The highest BCUT2D eigenvalue weighted by Gasteiger charge is 2.12. The van der Waals surface area contributed by atoms with Gasteiger partial charge in [-0.05, 0) is 0 Å². The van der Waals surface area contributed by atoms with Crippen molar-refractivity contribution >= 4 is 5.97 Å². The van der Waals surface area contributed by atoms with Crippen LogP contribution in [0.5, 0.6) is 5.88 Å². The number of nitrogens with one attached hydrogen (secondary N) is 1. The summed E-state index contributed by atoms with van der Waals surface area (Å²) in [6.07, 6.45) is -0.374. The molecule has 0 saturated heterocycles.